The predicted molar refractivity (Wildman–Crippen MR) is 51.7 cm³/mol. The number of hydrogen-bond acceptors (Lipinski definition) is 4. The molecule has 0 saturated carbocycles. The Kier molecular flexibility index (Phi) is 2.63. The van der Waals surface area contributed by atoms with Crippen molar-refractivity contribution in [3.8, 4) is 11.5 Å². The highest BCUT2D eigenvalue weighted by atomic mass is 16.5. The van der Waals surface area contributed by atoms with Gasteiger partial charge in [0.1, 0.15) is 11.5 Å². The van der Waals surface area contributed by atoms with E-state index in [0.29, 0.717) is 11.4 Å². The second-order valence-electron chi connectivity index (χ2n) is 2.94. The minimum Gasteiger partial charge on any atom is -0.506 e. The minimum atomic E-state index is -0.193. The first-order chi connectivity index (χ1) is 6.06. The van der Waals surface area contributed by atoms with Crippen molar-refractivity contribution in [2.24, 2.45) is 5.73 Å². The molecule has 5 N–H and O–H groups in total. The van der Waals surface area contributed by atoms with Crippen LogP contribution in [0.3, 0.4) is 0 Å². The summed E-state index contributed by atoms with van der Waals surface area (Å²) in [5.41, 5.74) is 12.2. The maximum Gasteiger partial charge on any atom is 0.139 e. The molecule has 1 rings (SSSR count). The van der Waals surface area contributed by atoms with Crippen LogP contribution < -0.4 is 16.2 Å². The summed E-state index contributed by atoms with van der Waals surface area (Å²) in [5.74, 6) is 0.637. The second kappa shape index (κ2) is 3.53. The van der Waals surface area contributed by atoms with Crippen LogP contribution >= 0.6 is 0 Å². The molecule has 0 spiro atoms. The summed E-state index contributed by atoms with van der Waals surface area (Å²) >= 11 is 0. The van der Waals surface area contributed by atoms with Crippen molar-refractivity contribution < 1.29 is 9.84 Å². The van der Waals surface area contributed by atoms with E-state index in [1.807, 2.05) is 6.92 Å². The van der Waals surface area contributed by atoms with Gasteiger partial charge in [-0.15, -0.1) is 0 Å². The lowest BCUT2D eigenvalue weighted by Gasteiger charge is -2.13. The molecule has 0 aromatic heterocycles. The van der Waals surface area contributed by atoms with Gasteiger partial charge in [0.25, 0.3) is 0 Å². The molecular formula is C9H14N2O2. The van der Waals surface area contributed by atoms with Gasteiger partial charge in [0.15, 0.2) is 0 Å². The molecule has 13 heavy (non-hydrogen) atoms. The number of anilines is 1. The molecule has 1 aromatic rings. The van der Waals surface area contributed by atoms with Crippen LogP contribution in [0.15, 0.2) is 12.1 Å². The van der Waals surface area contributed by atoms with Crippen molar-refractivity contribution in [2.45, 2.75) is 13.0 Å². The lowest BCUT2D eigenvalue weighted by Crippen LogP contribution is -2.07. The number of hydrogen-bond donors (Lipinski definition) is 3. The van der Waals surface area contributed by atoms with E-state index in [2.05, 4.69) is 0 Å². The largest absolute Gasteiger partial charge is 0.506 e. The molecule has 0 unspecified atom stereocenters. The van der Waals surface area contributed by atoms with E-state index in [-0.39, 0.29) is 11.8 Å². The van der Waals surface area contributed by atoms with E-state index in [4.69, 9.17) is 16.2 Å². The van der Waals surface area contributed by atoms with Crippen LogP contribution in [0, 0.1) is 0 Å². The van der Waals surface area contributed by atoms with E-state index in [9.17, 15) is 5.11 Å². The highest BCUT2D eigenvalue weighted by Gasteiger charge is 2.10. The third kappa shape index (κ3) is 1.84. The van der Waals surface area contributed by atoms with Gasteiger partial charge in [0.2, 0.25) is 0 Å². The number of methoxy groups -OCH3 is 1. The number of aromatic hydroxyl groups is 1. The third-order valence-corrected chi connectivity index (χ3v) is 1.87. The van der Waals surface area contributed by atoms with Crippen LogP contribution in [0.1, 0.15) is 18.5 Å². The number of ether oxygens (including phenoxy) is 1. The SMILES string of the molecule is COc1cc(N)c(O)cc1[C@@H](C)N. The molecule has 0 amide bonds. The zero-order valence-corrected chi connectivity index (χ0v) is 7.74. The number of phenolic OH excluding ortho intramolecular Hbond substituents is 1. The van der Waals surface area contributed by atoms with Crippen molar-refractivity contribution in [3.05, 3.63) is 17.7 Å². The van der Waals surface area contributed by atoms with Gasteiger partial charge in [-0.25, -0.2) is 0 Å². The van der Waals surface area contributed by atoms with Crippen LogP contribution in [0.25, 0.3) is 0 Å². The normalized spacial score (nSPS) is 12.5. The number of benzene rings is 1. The Labute approximate surface area is 77.1 Å². The van der Waals surface area contributed by atoms with Crippen LogP contribution in [0.4, 0.5) is 5.69 Å². The van der Waals surface area contributed by atoms with E-state index in [1.165, 1.54) is 13.2 Å². The monoisotopic (exact) mass is 182 g/mol. The Hall–Kier alpha value is -1.42. The van der Waals surface area contributed by atoms with E-state index in [1.54, 1.807) is 6.07 Å². The standard InChI is InChI=1S/C9H14N2O2/c1-5(10)6-3-8(12)7(11)4-9(6)13-2/h3-5,12H,10-11H2,1-2H3/t5-/m1/s1. The lowest BCUT2D eigenvalue weighted by atomic mass is 10.1. The quantitative estimate of drug-likeness (QED) is 0.471. The molecule has 0 radical (unpaired) electrons. The summed E-state index contributed by atoms with van der Waals surface area (Å²) in [4.78, 5) is 0. The Morgan fingerprint density at radius 2 is 2.08 bits per heavy atom. The van der Waals surface area contributed by atoms with E-state index >= 15 is 0 Å². The predicted octanol–water partition coefficient (Wildman–Crippen LogP) is 1.00. The summed E-state index contributed by atoms with van der Waals surface area (Å²) in [7, 11) is 1.54. The summed E-state index contributed by atoms with van der Waals surface area (Å²) in [6, 6.07) is 2.90. The Morgan fingerprint density at radius 1 is 1.46 bits per heavy atom. The fourth-order valence-corrected chi connectivity index (χ4v) is 1.13. The molecule has 1 atom stereocenters. The topological polar surface area (TPSA) is 81.5 Å². The van der Waals surface area contributed by atoms with Gasteiger partial charge >= 0.3 is 0 Å². The Balaban J connectivity index is 3.25. The fourth-order valence-electron chi connectivity index (χ4n) is 1.13. The van der Waals surface area contributed by atoms with Gasteiger partial charge in [-0.05, 0) is 13.0 Å². The Morgan fingerprint density at radius 3 is 2.54 bits per heavy atom. The van der Waals surface area contributed by atoms with Gasteiger partial charge in [-0.3, -0.25) is 0 Å². The average Bonchev–Trinajstić information content (AvgIpc) is 2.08. The molecule has 0 fully saturated rings. The van der Waals surface area contributed by atoms with Crippen LogP contribution in [-0.4, -0.2) is 12.2 Å². The van der Waals surface area contributed by atoms with Crippen LogP contribution in [-0.2, 0) is 0 Å². The number of nitrogen functional groups attached to an aromatic ring is 1. The zero-order chi connectivity index (χ0) is 10.0. The van der Waals surface area contributed by atoms with E-state index < -0.39 is 0 Å². The molecule has 0 saturated heterocycles. The zero-order valence-electron chi connectivity index (χ0n) is 7.74. The van der Waals surface area contributed by atoms with E-state index in [0.717, 1.165) is 5.56 Å². The van der Waals surface area contributed by atoms with Gasteiger partial charge in [-0.2, -0.15) is 0 Å². The molecule has 0 aliphatic rings. The number of rotatable bonds is 2. The highest BCUT2D eigenvalue weighted by molar-refractivity contribution is 5.59. The first-order valence-electron chi connectivity index (χ1n) is 3.98. The van der Waals surface area contributed by atoms with Crippen molar-refractivity contribution in [1.82, 2.24) is 0 Å². The van der Waals surface area contributed by atoms with Crippen LogP contribution in [0.5, 0.6) is 11.5 Å². The molecule has 0 aliphatic carbocycles. The molecule has 0 heterocycles. The van der Waals surface area contributed by atoms with Crippen molar-refractivity contribution in [1.29, 1.82) is 0 Å². The molecular weight excluding hydrogens is 168 g/mol. The van der Waals surface area contributed by atoms with Crippen molar-refractivity contribution in [3.63, 3.8) is 0 Å². The minimum absolute atomic E-state index is 0.0353. The molecule has 0 bridgehead atoms. The summed E-state index contributed by atoms with van der Waals surface area (Å²) in [5, 5.41) is 9.33. The number of phenols is 1. The van der Waals surface area contributed by atoms with Gasteiger partial charge in [0, 0.05) is 17.7 Å². The summed E-state index contributed by atoms with van der Waals surface area (Å²) < 4.78 is 5.07. The van der Waals surface area contributed by atoms with Gasteiger partial charge in [-0.1, -0.05) is 0 Å². The Bertz CT molecular complexity index is 311. The first kappa shape index (κ1) is 9.67. The summed E-state index contributed by atoms with van der Waals surface area (Å²) in [6.07, 6.45) is 0. The molecule has 0 aliphatic heterocycles. The van der Waals surface area contributed by atoms with Gasteiger partial charge < -0.3 is 21.3 Å². The molecule has 72 valence electrons. The second-order valence-corrected chi connectivity index (χ2v) is 2.94. The van der Waals surface area contributed by atoms with Crippen molar-refractivity contribution in [2.75, 3.05) is 12.8 Å². The maximum atomic E-state index is 9.33. The van der Waals surface area contributed by atoms with Crippen LogP contribution in [0.2, 0.25) is 0 Å². The number of nitrogens with two attached hydrogens (primary N) is 2. The maximum absolute atomic E-state index is 9.33. The van der Waals surface area contributed by atoms with Crippen molar-refractivity contribution >= 4 is 5.69 Å². The third-order valence-electron chi connectivity index (χ3n) is 1.87. The lowest BCUT2D eigenvalue weighted by molar-refractivity contribution is 0.404. The smallest absolute Gasteiger partial charge is 0.139 e. The average molecular weight is 182 g/mol. The fraction of sp³-hybridized carbons (Fsp3) is 0.333. The molecule has 4 heteroatoms. The summed E-state index contributed by atoms with van der Waals surface area (Å²) in [6.45, 7) is 1.81. The first-order valence-corrected chi connectivity index (χ1v) is 3.98. The molecule has 1 aromatic carbocycles. The van der Waals surface area contributed by atoms with Gasteiger partial charge in [0.05, 0.1) is 12.8 Å². The molecule has 4 nitrogen and oxygen atoms in total. The highest BCUT2D eigenvalue weighted by Crippen LogP contribution is 2.32.